The lowest BCUT2D eigenvalue weighted by atomic mass is 9.85. The number of hydrogen-bond donors (Lipinski definition) is 6. The Hall–Kier alpha value is -7.29. The maximum atomic E-state index is 14.1. The zero-order chi connectivity index (χ0) is 55.8. The van der Waals surface area contributed by atoms with Crippen LogP contribution in [0.3, 0.4) is 0 Å². The van der Waals surface area contributed by atoms with Crippen molar-refractivity contribution in [3.63, 3.8) is 0 Å². The number of H-pyrrole nitrogens is 1. The molecule has 0 bridgehead atoms. The van der Waals surface area contributed by atoms with Crippen molar-refractivity contribution in [2.75, 3.05) is 61.5 Å². The Morgan fingerprint density at radius 2 is 1.58 bits per heavy atom. The molecule has 0 radical (unpaired) electrons. The van der Waals surface area contributed by atoms with E-state index in [1.807, 2.05) is 92.7 Å². The van der Waals surface area contributed by atoms with Crippen LogP contribution in [0.4, 0.5) is 26.0 Å². The van der Waals surface area contributed by atoms with Gasteiger partial charge in [-0.05, 0) is 109 Å². The molecule has 79 heavy (non-hydrogen) atoms. The lowest BCUT2D eigenvalue weighted by Crippen LogP contribution is -2.57. The van der Waals surface area contributed by atoms with Crippen LogP contribution in [-0.2, 0) is 36.9 Å². The Kier molecular flexibility index (Phi) is 18.0. The number of hydrogen-bond acceptors (Lipinski definition) is 12. The number of carbonyl (C=O) groups is 5. The van der Waals surface area contributed by atoms with E-state index in [0.717, 1.165) is 51.9 Å². The highest BCUT2D eigenvalue weighted by Crippen LogP contribution is 2.32. The fourth-order valence-corrected chi connectivity index (χ4v) is 11.4. The van der Waals surface area contributed by atoms with Gasteiger partial charge in [0.05, 0.1) is 33.3 Å². The minimum Gasteiger partial charge on any atom is -0.391 e. The molecule has 6 aromatic rings. The highest BCUT2D eigenvalue weighted by Gasteiger charge is 2.44. The van der Waals surface area contributed by atoms with E-state index >= 15 is 0 Å². The normalized spacial score (nSPS) is 17.4. The molecule has 3 aliphatic rings. The number of piperazine rings is 1. The number of anilines is 3. The number of nitrogens with zero attached hydrogens (tertiary/aromatic N) is 5. The summed E-state index contributed by atoms with van der Waals surface area (Å²) in [5.74, 6) is -2.37. The second kappa shape index (κ2) is 25.2. The molecule has 418 valence electrons. The molecule has 3 unspecified atom stereocenters. The Morgan fingerprint density at radius 3 is 2.29 bits per heavy atom. The maximum Gasteiger partial charge on any atom is 0.258 e. The number of aryl methyl sites for hydroxylation is 1. The molecule has 0 aliphatic carbocycles. The smallest absolute Gasteiger partial charge is 0.258 e. The standard InChI is InChI=1S/C59H70F2N10O7S/c1-36-53(79-35-63-36)40-13-10-37(11-14-40)33-62-57(76)50-32-45(72)34-71(50)58(77)54(59(2,3)4)65-51(73)8-6-5-7-9-52(74)70-22-20-69(21-23-70)44-15-16-46(49(31-44)64-43-18-24-78-25-19-43)56(75)66-55-47-29-38(12-17-48(47)67-68-55)26-39-27-41(60)30-42(61)28-39/h10-17,27-31,35,43,45,50,54,64,72H,5-9,18-26,32-34H2,1-4H3,(H,62,76)(H,65,73)(H2,66,67,68,75). The zero-order valence-corrected chi connectivity index (χ0v) is 46.0. The second-order valence-corrected chi connectivity index (χ2v) is 22.8. The molecule has 3 atom stereocenters. The lowest BCUT2D eigenvalue weighted by molar-refractivity contribution is -0.144. The van der Waals surface area contributed by atoms with Gasteiger partial charge in [0.2, 0.25) is 23.6 Å². The van der Waals surface area contributed by atoms with Gasteiger partial charge in [-0.1, -0.05) is 57.5 Å². The van der Waals surface area contributed by atoms with Crippen molar-refractivity contribution < 1.29 is 42.6 Å². The molecule has 5 heterocycles. The summed E-state index contributed by atoms with van der Waals surface area (Å²) in [4.78, 5) is 79.5. The molecule has 3 saturated heterocycles. The van der Waals surface area contributed by atoms with Crippen molar-refractivity contribution in [1.82, 2.24) is 35.6 Å². The fraction of sp³-hybridized carbons (Fsp3) is 0.441. The van der Waals surface area contributed by atoms with E-state index in [0.29, 0.717) is 98.6 Å². The number of aromatic nitrogens is 3. The third-order valence-electron chi connectivity index (χ3n) is 15.0. The summed E-state index contributed by atoms with van der Waals surface area (Å²) >= 11 is 1.57. The number of aliphatic hydroxyl groups excluding tert-OH is 1. The van der Waals surface area contributed by atoms with Crippen LogP contribution >= 0.6 is 11.3 Å². The molecule has 2 aromatic heterocycles. The number of β-amino-alcohol motifs (C(OH)–C–C–N with tert-alkyl or cyclic N) is 1. The summed E-state index contributed by atoms with van der Waals surface area (Å²) in [7, 11) is 0. The fourth-order valence-electron chi connectivity index (χ4n) is 10.6. The summed E-state index contributed by atoms with van der Waals surface area (Å²) in [5, 5.41) is 31.1. The average molecular weight is 1100 g/mol. The molecule has 3 fully saturated rings. The summed E-state index contributed by atoms with van der Waals surface area (Å²) < 4.78 is 33.5. The van der Waals surface area contributed by atoms with E-state index < -0.39 is 41.1 Å². The second-order valence-electron chi connectivity index (χ2n) is 22.0. The van der Waals surface area contributed by atoms with E-state index in [-0.39, 0.29) is 62.0 Å². The van der Waals surface area contributed by atoms with Crippen LogP contribution in [0, 0.1) is 24.0 Å². The average Bonchev–Trinajstić information content (AvgIpc) is 4.19. The van der Waals surface area contributed by atoms with Crippen molar-refractivity contribution >= 4 is 69.0 Å². The molecular weight excluding hydrogens is 1030 g/mol. The molecular formula is C59H70F2N10O7S. The number of rotatable bonds is 19. The van der Waals surface area contributed by atoms with E-state index in [4.69, 9.17) is 4.74 Å². The number of halogens is 2. The van der Waals surface area contributed by atoms with Gasteiger partial charge in [0.1, 0.15) is 23.7 Å². The SMILES string of the molecule is Cc1ncsc1-c1ccc(CNC(=O)C2CC(O)CN2C(=O)C(NC(=O)CCCCCC(=O)N2CCN(c3ccc(C(=O)Nc4n[nH]c5ccc(Cc6cc(F)cc(F)c6)cc45)c(NC4CCOCC4)c3)CC2)C(C)(C)C)cc1. The van der Waals surface area contributed by atoms with Gasteiger partial charge < -0.3 is 45.8 Å². The first kappa shape index (κ1) is 56.4. The van der Waals surface area contributed by atoms with Gasteiger partial charge in [0.25, 0.3) is 5.91 Å². The topological polar surface area (TPSA) is 214 Å². The predicted octanol–water partition coefficient (Wildman–Crippen LogP) is 8.12. The zero-order valence-electron chi connectivity index (χ0n) is 45.2. The van der Waals surface area contributed by atoms with Crippen LogP contribution in [0.15, 0.2) is 84.4 Å². The number of unbranched alkanes of at least 4 members (excludes halogenated alkanes) is 2. The number of aliphatic hydroxyl groups is 1. The van der Waals surface area contributed by atoms with Crippen LogP contribution in [0.2, 0.25) is 0 Å². The lowest BCUT2D eigenvalue weighted by Gasteiger charge is -2.36. The Morgan fingerprint density at radius 1 is 0.861 bits per heavy atom. The largest absolute Gasteiger partial charge is 0.391 e. The quantitative estimate of drug-likeness (QED) is 0.0426. The summed E-state index contributed by atoms with van der Waals surface area (Å²) in [6.45, 7) is 11.2. The predicted molar refractivity (Wildman–Crippen MR) is 301 cm³/mol. The number of carbonyl (C=O) groups excluding carboxylic acids is 5. The van der Waals surface area contributed by atoms with Gasteiger partial charge in [-0.3, -0.25) is 29.1 Å². The number of amides is 5. The monoisotopic (exact) mass is 1100 g/mol. The summed E-state index contributed by atoms with van der Waals surface area (Å²) in [6.07, 6.45) is 3.32. The van der Waals surface area contributed by atoms with Crippen molar-refractivity contribution in [2.45, 2.75) is 116 Å². The van der Waals surface area contributed by atoms with Gasteiger partial charge >= 0.3 is 0 Å². The summed E-state index contributed by atoms with van der Waals surface area (Å²) in [5.41, 5.74) is 7.99. The number of likely N-dealkylation sites (tertiary alicyclic amines) is 1. The third kappa shape index (κ3) is 14.3. The molecule has 3 aliphatic heterocycles. The summed E-state index contributed by atoms with van der Waals surface area (Å²) in [6, 6.07) is 20.8. The van der Waals surface area contributed by atoms with Gasteiger partial charge in [0, 0.05) is 101 Å². The molecule has 4 aromatic carbocycles. The van der Waals surface area contributed by atoms with Crippen LogP contribution in [0.1, 0.15) is 105 Å². The van der Waals surface area contributed by atoms with Crippen LogP contribution in [-0.4, -0.2) is 130 Å². The molecule has 0 saturated carbocycles. The van der Waals surface area contributed by atoms with Gasteiger partial charge in [-0.25, -0.2) is 13.8 Å². The Balaban J connectivity index is 0.734. The first-order chi connectivity index (χ1) is 37.9. The van der Waals surface area contributed by atoms with Crippen molar-refractivity contribution in [1.29, 1.82) is 0 Å². The van der Waals surface area contributed by atoms with Crippen molar-refractivity contribution in [3.8, 4) is 10.4 Å². The number of thiazole rings is 1. The Bertz CT molecular complexity index is 3130. The number of aromatic amines is 1. The van der Waals surface area contributed by atoms with Gasteiger partial charge in [-0.2, -0.15) is 5.10 Å². The molecule has 17 nitrogen and oxygen atoms in total. The molecule has 20 heteroatoms. The minimum atomic E-state index is -0.934. The minimum absolute atomic E-state index is 0.0156. The highest BCUT2D eigenvalue weighted by molar-refractivity contribution is 7.13. The molecule has 5 amide bonds. The van der Waals surface area contributed by atoms with E-state index in [1.165, 1.54) is 17.0 Å². The first-order valence-corrected chi connectivity index (χ1v) is 28.1. The van der Waals surface area contributed by atoms with E-state index in [9.17, 15) is 37.9 Å². The maximum absolute atomic E-state index is 14.1. The molecule has 9 rings (SSSR count). The molecule has 0 spiro atoms. The van der Waals surface area contributed by atoms with Crippen molar-refractivity contribution in [2.24, 2.45) is 5.41 Å². The number of benzene rings is 4. The van der Waals surface area contributed by atoms with Crippen LogP contribution < -0.4 is 26.2 Å². The van der Waals surface area contributed by atoms with Crippen LogP contribution in [0.5, 0.6) is 0 Å². The molecule has 6 N–H and O–H groups in total. The van der Waals surface area contributed by atoms with E-state index in [2.05, 4.69) is 41.3 Å². The third-order valence-corrected chi connectivity index (χ3v) is 16.0. The number of fused-ring (bicyclic) bond motifs is 1. The van der Waals surface area contributed by atoms with Gasteiger partial charge in [0.15, 0.2) is 5.82 Å². The van der Waals surface area contributed by atoms with E-state index in [1.54, 1.807) is 17.4 Å². The highest BCUT2D eigenvalue weighted by atomic mass is 32.1. The van der Waals surface area contributed by atoms with Gasteiger partial charge in [-0.15, -0.1) is 11.3 Å². The Labute approximate surface area is 462 Å². The number of ether oxygens (including phenoxy) is 1. The van der Waals surface area contributed by atoms with Crippen molar-refractivity contribution in [3.05, 3.63) is 124 Å². The number of nitrogens with one attached hydrogen (secondary N) is 5. The first-order valence-electron chi connectivity index (χ1n) is 27.2. The van der Waals surface area contributed by atoms with Crippen LogP contribution in [0.25, 0.3) is 21.3 Å².